The van der Waals surface area contributed by atoms with Gasteiger partial charge >= 0.3 is 0 Å². The van der Waals surface area contributed by atoms with Crippen molar-refractivity contribution in [2.75, 3.05) is 9.80 Å². The van der Waals surface area contributed by atoms with Crippen LogP contribution in [0, 0.1) is 6.92 Å². The fourth-order valence-corrected chi connectivity index (χ4v) is 17.2. The number of aryl methyl sites for hydroxylation is 1. The lowest BCUT2D eigenvalue weighted by Crippen LogP contribution is -2.63. The fourth-order valence-electron chi connectivity index (χ4n) is 15.4. The molecule has 0 radical (unpaired) electrons. The van der Waals surface area contributed by atoms with Crippen molar-refractivity contribution in [2.45, 2.75) is 205 Å². The zero-order chi connectivity index (χ0) is 49.4. The van der Waals surface area contributed by atoms with Crippen molar-refractivity contribution in [3.63, 3.8) is 0 Å². The Bertz CT molecular complexity index is 3290. The van der Waals surface area contributed by atoms with Crippen molar-refractivity contribution in [1.29, 1.82) is 0 Å². The second-order valence-corrected chi connectivity index (χ2v) is 29.5. The molecule has 70 heavy (non-hydrogen) atoms. The van der Waals surface area contributed by atoms with Crippen molar-refractivity contribution < 1.29 is 0 Å². The standard InChI is InChI=1S/C66H77BN2S/c1-38-31-52-55-53(32-38)69-50-36-47-45(61(6,7)25-27-63(47,10)11)34-42(50)39-17-19-40(20-18-39)66(16)30-29-65(14,15)54-56(58(69)70-57(54)66)67(55)49-35-46-48(64(12,13)28-26-62(46,8)9)37-51(49)68(52)41-21-22-43-44(33-41)60(4,5)24-23-59(43,2)3/h17-22,31-37H,23-30H2,1-16H3. The molecule has 360 valence electrons. The first-order valence-electron chi connectivity index (χ1n) is 27.2. The fraction of sp³-hybridized carbons (Fsp3) is 0.485. The summed E-state index contributed by atoms with van der Waals surface area (Å²) in [4.78, 5) is 7.20. The number of nitrogens with zero attached hydrogens (tertiary/aromatic N) is 2. The van der Waals surface area contributed by atoms with Gasteiger partial charge < -0.3 is 9.80 Å². The molecule has 5 heterocycles. The van der Waals surface area contributed by atoms with Gasteiger partial charge in [-0.3, -0.25) is 0 Å². The third-order valence-electron chi connectivity index (χ3n) is 20.6. The first-order chi connectivity index (χ1) is 32.7. The molecule has 6 aromatic rings. The van der Waals surface area contributed by atoms with E-state index < -0.39 is 0 Å². The van der Waals surface area contributed by atoms with Crippen LogP contribution in [0.2, 0.25) is 0 Å². The van der Waals surface area contributed by atoms with Crippen LogP contribution in [0.15, 0.2) is 78.9 Å². The van der Waals surface area contributed by atoms with E-state index in [0.29, 0.717) is 0 Å². The summed E-state index contributed by atoms with van der Waals surface area (Å²) in [6, 6.07) is 33.7. The topological polar surface area (TPSA) is 6.48 Å². The Labute approximate surface area is 425 Å². The summed E-state index contributed by atoms with van der Waals surface area (Å²) in [5.41, 5.74) is 28.0. The summed E-state index contributed by atoms with van der Waals surface area (Å²) in [7, 11) is 0. The molecule has 5 aromatic carbocycles. The van der Waals surface area contributed by atoms with E-state index in [1.165, 1.54) is 133 Å². The van der Waals surface area contributed by atoms with Gasteiger partial charge in [0.1, 0.15) is 0 Å². The summed E-state index contributed by atoms with van der Waals surface area (Å²) in [5.74, 6) is 0. The second-order valence-electron chi connectivity index (χ2n) is 28.5. The van der Waals surface area contributed by atoms with Gasteiger partial charge in [0.05, 0.1) is 10.7 Å². The van der Waals surface area contributed by atoms with Crippen LogP contribution in [-0.2, 0) is 43.3 Å². The Morgan fingerprint density at radius 2 is 0.914 bits per heavy atom. The van der Waals surface area contributed by atoms with E-state index >= 15 is 0 Å². The second kappa shape index (κ2) is 13.7. The van der Waals surface area contributed by atoms with Gasteiger partial charge in [0.2, 0.25) is 0 Å². The number of hydrogen-bond donors (Lipinski definition) is 0. The molecule has 4 heteroatoms. The molecular formula is C66H77BN2S. The third-order valence-corrected chi connectivity index (χ3v) is 22.0. The number of rotatable bonds is 1. The quantitative estimate of drug-likeness (QED) is 0.151. The van der Waals surface area contributed by atoms with Crippen molar-refractivity contribution in [3.05, 3.63) is 134 Å². The summed E-state index contributed by atoms with van der Waals surface area (Å²) in [5, 5.41) is 1.45. The highest BCUT2D eigenvalue weighted by Crippen LogP contribution is 2.60. The predicted octanol–water partition coefficient (Wildman–Crippen LogP) is 16.5. The van der Waals surface area contributed by atoms with Crippen LogP contribution in [0.4, 0.5) is 33.4 Å². The Morgan fingerprint density at radius 1 is 0.429 bits per heavy atom. The average Bonchev–Trinajstić information content (AvgIpc) is 3.71. The highest BCUT2D eigenvalue weighted by molar-refractivity contribution is 7.20. The van der Waals surface area contributed by atoms with E-state index in [4.69, 9.17) is 0 Å². The molecule has 0 fully saturated rings. The number of thiophene rings is 1. The van der Waals surface area contributed by atoms with Crippen LogP contribution in [0.1, 0.15) is 210 Å². The Morgan fingerprint density at radius 3 is 1.50 bits per heavy atom. The number of anilines is 6. The molecule has 0 saturated carbocycles. The van der Waals surface area contributed by atoms with E-state index in [-0.39, 0.29) is 50.0 Å². The minimum Gasteiger partial charge on any atom is -0.311 e. The van der Waals surface area contributed by atoms with Crippen molar-refractivity contribution in [3.8, 4) is 11.1 Å². The summed E-state index contributed by atoms with van der Waals surface area (Å²) in [6.45, 7) is 40.3. The van der Waals surface area contributed by atoms with Crippen molar-refractivity contribution in [2.24, 2.45) is 0 Å². The molecule has 8 aliphatic rings. The minimum atomic E-state index is -0.100. The van der Waals surface area contributed by atoms with E-state index in [2.05, 4.69) is 211 Å². The van der Waals surface area contributed by atoms with Gasteiger partial charge in [-0.2, -0.15) is 0 Å². The van der Waals surface area contributed by atoms with E-state index in [1.807, 2.05) is 0 Å². The van der Waals surface area contributed by atoms with Crippen LogP contribution >= 0.6 is 11.3 Å². The predicted molar refractivity (Wildman–Crippen MR) is 303 cm³/mol. The SMILES string of the molecule is Cc1cc2c3c(c1)N1c4cc5c(cc4-c4ccc(cc4)C4(C)CCC(C)(C)c6c4sc1c6B3c1cc3c(cc1N2c1ccc2c(c1)C(C)(C)CCC2(C)C)C(C)(C)CCC3(C)C)C(C)(C)CCC5(C)C. The Hall–Kier alpha value is -4.54. The lowest BCUT2D eigenvalue weighted by atomic mass is 9.32. The van der Waals surface area contributed by atoms with E-state index in [1.54, 1.807) is 21.5 Å². The lowest BCUT2D eigenvalue weighted by molar-refractivity contribution is 0.332. The highest BCUT2D eigenvalue weighted by Gasteiger charge is 2.54. The van der Waals surface area contributed by atoms with Crippen molar-refractivity contribution in [1.82, 2.24) is 0 Å². The van der Waals surface area contributed by atoms with Crippen LogP contribution in [0.3, 0.4) is 0 Å². The lowest BCUT2D eigenvalue weighted by Gasteiger charge is -2.49. The van der Waals surface area contributed by atoms with Crippen molar-refractivity contribution >= 4 is 67.9 Å². The van der Waals surface area contributed by atoms with Gasteiger partial charge in [-0.05, 0) is 211 Å². The monoisotopic (exact) mass is 941 g/mol. The first kappa shape index (κ1) is 45.3. The van der Waals surface area contributed by atoms with Crippen LogP contribution in [-0.4, -0.2) is 6.71 Å². The van der Waals surface area contributed by atoms with Gasteiger partial charge in [0.15, 0.2) is 0 Å². The summed E-state index contributed by atoms with van der Waals surface area (Å²) >= 11 is 2.15. The molecule has 14 rings (SSSR count). The minimum absolute atomic E-state index is 0.00857. The molecule has 4 bridgehead atoms. The van der Waals surface area contributed by atoms with E-state index in [0.717, 1.165) is 12.8 Å². The molecule has 1 unspecified atom stereocenters. The Kier molecular flexibility index (Phi) is 8.90. The molecule has 2 nitrogen and oxygen atoms in total. The molecule has 1 aromatic heterocycles. The maximum Gasteiger partial charge on any atom is 0.253 e. The smallest absolute Gasteiger partial charge is 0.253 e. The number of benzene rings is 5. The molecule has 0 N–H and O–H groups in total. The molecular weight excluding hydrogens is 864 g/mol. The highest BCUT2D eigenvalue weighted by atomic mass is 32.1. The maximum atomic E-state index is 2.84. The van der Waals surface area contributed by atoms with Gasteiger partial charge in [-0.1, -0.05) is 140 Å². The zero-order valence-corrected chi connectivity index (χ0v) is 46.4. The normalized spacial score (nSPS) is 24.3. The van der Waals surface area contributed by atoms with Crippen LogP contribution in [0.5, 0.6) is 0 Å². The maximum absolute atomic E-state index is 2.84. The van der Waals surface area contributed by atoms with Gasteiger partial charge in [-0.25, -0.2) is 0 Å². The molecule has 4 aliphatic carbocycles. The Balaban J connectivity index is 1.20. The van der Waals surface area contributed by atoms with Gasteiger partial charge in [0, 0.05) is 38.6 Å². The van der Waals surface area contributed by atoms with Crippen LogP contribution in [0.25, 0.3) is 11.1 Å². The van der Waals surface area contributed by atoms with Gasteiger partial charge in [0.25, 0.3) is 6.71 Å². The third kappa shape index (κ3) is 5.92. The van der Waals surface area contributed by atoms with Crippen LogP contribution < -0.4 is 26.2 Å². The van der Waals surface area contributed by atoms with E-state index in [9.17, 15) is 0 Å². The molecule has 4 aliphatic heterocycles. The number of hydrogen-bond acceptors (Lipinski definition) is 3. The molecule has 0 amide bonds. The molecule has 0 spiro atoms. The first-order valence-corrected chi connectivity index (χ1v) is 28.0. The average molecular weight is 941 g/mol. The largest absolute Gasteiger partial charge is 0.311 e. The van der Waals surface area contributed by atoms with Gasteiger partial charge in [-0.15, -0.1) is 11.3 Å². The summed E-state index contributed by atoms with van der Waals surface area (Å²) in [6.07, 6.45) is 9.48. The number of fused-ring (bicyclic) bond motifs is 9. The zero-order valence-electron chi connectivity index (χ0n) is 45.5. The molecule has 1 atom stereocenters. The summed E-state index contributed by atoms with van der Waals surface area (Å²) < 4.78 is 0. The molecule has 0 saturated heterocycles.